The van der Waals surface area contributed by atoms with Crippen LogP contribution in [-0.4, -0.2) is 34.1 Å². The zero-order chi connectivity index (χ0) is 13.7. The molecule has 0 radical (unpaired) electrons. The quantitative estimate of drug-likeness (QED) is 0.812. The maximum atomic E-state index is 12.5. The summed E-state index contributed by atoms with van der Waals surface area (Å²) in [7, 11) is 0. The van der Waals surface area contributed by atoms with E-state index in [2.05, 4.69) is 15.3 Å². The third kappa shape index (κ3) is 1.53. The van der Waals surface area contributed by atoms with Gasteiger partial charge in [0.2, 0.25) is 5.91 Å². The fraction of sp³-hybridized carbons (Fsp3) is 0.615. The average Bonchev–Trinajstić information content (AvgIpc) is 2.87. The molecule has 1 aliphatic heterocycles. The molecule has 1 saturated carbocycles. The molecule has 0 aromatic carbocycles. The van der Waals surface area contributed by atoms with Gasteiger partial charge in [-0.1, -0.05) is 13.8 Å². The monoisotopic (exact) mass is 262 g/mol. The summed E-state index contributed by atoms with van der Waals surface area (Å²) in [5.41, 5.74) is 5.13. The van der Waals surface area contributed by atoms with Gasteiger partial charge in [0, 0.05) is 30.3 Å². The Morgan fingerprint density at radius 1 is 1.53 bits per heavy atom. The molecule has 0 bridgehead atoms. The SMILES string of the molecule is CC1(C)C2OCCC2C1(N)C(=O)Nc1cnccn1. The standard InChI is InChI=1S/C13H18N4O2/c1-12(2)10-8(3-6-19-10)13(12,14)11(18)17-9-7-15-4-5-16-9/h4-5,7-8,10H,3,6,14H2,1-2H3,(H,16,17,18). The number of hydrogen-bond donors (Lipinski definition) is 2. The van der Waals surface area contributed by atoms with Gasteiger partial charge in [-0.25, -0.2) is 4.98 Å². The number of hydrogen-bond acceptors (Lipinski definition) is 5. The predicted octanol–water partition coefficient (Wildman–Crippen LogP) is 0.557. The fourth-order valence-corrected chi connectivity index (χ4v) is 3.43. The average molecular weight is 262 g/mol. The number of anilines is 1. The Morgan fingerprint density at radius 3 is 3.00 bits per heavy atom. The van der Waals surface area contributed by atoms with E-state index < -0.39 is 5.54 Å². The summed E-state index contributed by atoms with van der Waals surface area (Å²) in [6, 6.07) is 0. The van der Waals surface area contributed by atoms with Gasteiger partial charge in [-0.15, -0.1) is 0 Å². The Balaban J connectivity index is 1.83. The van der Waals surface area contributed by atoms with Crippen LogP contribution in [0.4, 0.5) is 5.82 Å². The van der Waals surface area contributed by atoms with Crippen molar-refractivity contribution in [2.75, 3.05) is 11.9 Å². The topological polar surface area (TPSA) is 90.1 Å². The molecule has 3 rings (SSSR count). The second-order valence-electron chi connectivity index (χ2n) is 5.82. The van der Waals surface area contributed by atoms with E-state index in [0.29, 0.717) is 12.4 Å². The van der Waals surface area contributed by atoms with Gasteiger partial charge in [0.15, 0.2) is 5.82 Å². The van der Waals surface area contributed by atoms with E-state index in [1.165, 1.54) is 12.4 Å². The van der Waals surface area contributed by atoms with Crippen molar-refractivity contribution < 1.29 is 9.53 Å². The van der Waals surface area contributed by atoms with Gasteiger partial charge in [-0.3, -0.25) is 9.78 Å². The molecule has 3 atom stereocenters. The van der Waals surface area contributed by atoms with Gasteiger partial charge in [0.05, 0.1) is 12.3 Å². The molecule has 1 aliphatic carbocycles. The van der Waals surface area contributed by atoms with Crippen LogP contribution >= 0.6 is 0 Å². The first-order valence-corrected chi connectivity index (χ1v) is 6.46. The van der Waals surface area contributed by atoms with Gasteiger partial charge >= 0.3 is 0 Å². The Hall–Kier alpha value is -1.53. The third-order valence-corrected chi connectivity index (χ3v) is 4.63. The van der Waals surface area contributed by atoms with Crippen LogP contribution in [0.5, 0.6) is 0 Å². The minimum Gasteiger partial charge on any atom is -0.377 e. The van der Waals surface area contributed by atoms with Crippen LogP contribution in [0, 0.1) is 11.3 Å². The molecule has 3 unspecified atom stereocenters. The zero-order valence-corrected chi connectivity index (χ0v) is 11.1. The summed E-state index contributed by atoms with van der Waals surface area (Å²) in [6.07, 6.45) is 5.51. The Bertz CT molecular complexity index is 505. The maximum Gasteiger partial charge on any atom is 0.246 e. The molecule has 0 spiro atoms. The van der Waals surface area contributed by atoms with E-state index >= 15 is 0 Å². The molecular formula is C13H18N4O2. The molecule has 2 heterocycles. The van der Waals surface area contributed by atoms with E-state index in [9.17, 15) is 4.79 Å². The largest absolute Gasteiger partial charge is 0.377 e. The second kappa shape index (κ2) is 3.98. The van der Waals surface area contributed by atoms with E-state index in [1.807, 2.05) is 13.8 Å². The van der Waals surface area contributed by atoms with Gasteiger partial charge < -0.3 is 15.8 Å². The Kier molecular flexibility index (Phi) is 2.62. The molecule has 1 saturated heterocycles. The summed E-state index contributed by atoms with van der Waals surface area (Å²) in [5.74, 6) is 0.305. The summed E-state index contributed by atoms with van der Waals surface area (Å²) in [4.78, 5) is 20.5. The Morgan fingerprint density at radius 2 is 2.32 bits per heavy atom. The molecule has 2 aliphatic rings. The smallest absolute Gasteiger partial charge is 0.246 e. The van der Waals surface area contributed by atoms with E-state index in [4.69, 9.17) is 10.5 Å². The highest BCUT2D eigenvalue weighted by molar-refractivity contribution is 5.99. The lowest BCUT2D eigenvalue weighted by Gasteiger charge is -2.60. The van der Waals surface area contributed by atoms with E-state index in [1.54, 1.807) is 6.20 Å². The van der Waals surface area contributed by atoms with Gasteiger partial charge in [-0.05, 0) is 6.42 Å². The number of carbonyl (C=O) groups excluding carboxylic acids is 1. The van der Waals surface area contributed by atoms with Crippen molar-refractivity contribution in [3.8, 4) is 0 Å². The van der Waals surface area contributed by atoms with Gasteiger partial charge in [0.1, 0.15) is 5.54 Å². The molecular weight excluding hydrogens is 244 g/mol. The lowest BCUT2D eigenvalue weighted by Crippen LogP contribution is -2.79. The lowest BCUT2D eigenvalue weighted by atomic mass is 9.48. The number of fused-ring (bicyclic) bond motifs is 1. The number of amides is 1. The van der Waals surface area contributed by atoms with E-state index in [-0.39, 0.29) is 23.3 Å². The van der Waals surface area contributed by atoms with Crippen molar-refractivity contribution >= 4 is 11.7 Å². The highest BCUT2D eigenvalue weighted by Crippen LogP contribution is 2.58. The molecule has 19 heavy (non-hydrogen) atoms. The van der Waals surface area contributed by atoms with Crippen LogP contribution in [-0.2, 0) is 9.53 Å². The van der Waals surface area contributed by atoms with Crippen LogP contribution in [0.15, 0.2) is 18.6 Å². The fourth-order valence-electron chi connectivity index (χ4n) is 3.43. The highest BCUT2D eigenvalue weighted by atomic mass is 16.5. The molecule has 6 nitrogen and oxygen atoms in total. The first-order chi connectivity index (χ1) is 8.98. The minimum absolute atomic E-state index is 0.0742. The zero-order valence-electron chi connectivity index (χ0n) is 11.1. The predicted molar refractivity (Wildman–Crippen MR) is 69.2 cm³/mol. The molecule has 1 aromatic heterocycles. The van der Waals surface area contributed by atoms with Crippen LogP contribution < -0.4 is 11.1 Å². The summed E-state index contributed by atoms with van der Waals surface area (Å²) < 4.78 is 5.67. The van der Waals surface area contributed by atoms with Crippen molar-refractivity contribution in [2.45, 2.75) is 31.9 Å². The van der Waals surface area contributed by atoms with Crippen molar-refractivity contribution in [3.63, 3.8) is 0 Å². The summed E-state index contributed by atoms with van der Waals surface area (Å²) >= 11 is 0. The van der Waals surface area contributed by atoms with Gasteiger partial charge in [0.25, 0.3) is 0 Å². The Labute approximate surface area is 111 Å². The number of aromatic nitrogens is 2. The normalized spacial score (nSPS) is 35.3. The number of nitrogens with zero attached hydrogens (tertiary/aromatic N) is 2. The summed E-state index contributed by atoms with van der Waals surface area (Å²) in [6.45, 7) is 4.64. The molecule has 102 valence electrons. The molecule has 3 N–H and O–H groups in total. The molecule has 1 aromatic rings. The number of nitrogens with one attached hydrogen (secondary N) is 1. The first kappa shape index (κ1) is 12.5. The third-order valence-electron chi connectivity index (χ3n) is 4.63. The number of rotatable bonds is 2. The second-order valence-corrected chi connectivity index (χ2v) is 5.82. The minimum atomic E-state index is -0.911. The van der Waals surface area contributed by atoms with Gasteiger partial charge in [-0.2, -0.15) is 0 Å². The molecule has 6 heteroatoms. The van der Waals surface area contributed by atoms with E-state index in [0.717, 1.165) is 6.42 Å². The van der Waals surface area contributed by atoms with Crippen molar-refractivity contribution in [1.29, 1.82) is 0 Å². The van der Waals surface area contributed by atoms with Crippen molar-refractivity contribution in [1.82, 2.24) is 9.97 Å². The summed E-state index contributed by atoms with van der Waals surface area (Å²) in [5, 5.41) is 2.76. The first-order valence-electron chi connectivity index (χ1n) is 6.46. The number of ether oxygens (including phenoxy) is 1. The maximum absolute atomic E-state index is 12.5. The highest BCUT2D eigenvalue weighted by Gasteiger charge is 2.71. The van der Waals surface area contributed by atoms with Crippen LogP contribution in [0.3, 0.4) is 0 Å². The number of carbonyl (C=O) groups is 1. The van der Waals surface area contributed by atoms with Crippen LogP contribution in [0.1, 0.15) is 20.3 Å². The molecule has 2 fully saturated rings. The van der Waals surface area contributed by atoms with Crippen molar-refractivity contribution in [3.05, 3.63) is 18.6 Å². The number of nitrogens with two attached hydrogens (primary N) is 1. The lowest BCUT2D eigenvalue weighted by molar-refractivity contribution is -0.170. The van der Waals surface area contributed by atoms with Crippen LogP contribution in [0.25, 0.3) is 0 Å². The van der Waals surface area contributed by atoms with Crippen molar-refractivity contribution in [2.24, 2.45) is 17.1 Å². The van der Waals surface area contributed by atoms with Crippen LogP contribution in [0.2, 0.25) is 0 Å². The molecule has 1 amide bonds.